The molecule has 1 saturated heterocycles. The summed E-state index contributed by atoms with van der Waals surface area (Å²) < 4.78 is 12.5. The molecule has 25 heavy (non-hydrogen) atoms. The van der Waals surface area contributed by atoms with Crippen LogP contribution in [0.1, 0.15) is 0 Å². The maximum absolute atomic E-state index is 12.0. The molecule has 2 aromatic rings. The van der Waals surface area contributed by atoms with Gasteiger partial charge in [-0.3, -0.25) is 9.59 Å². The van der Waals surface area contributed by atoms with Crippen molar-refractivity contribution in [2.75, 3.05) is 38.2 Å². The van der Waals surface area contributed by atoms with Gasteiger partial charge in [0.05, 0.1) is 13.2 Å². The minimum absolute atomic E-state index is 0.000660. The molecular weight excluding hydrogens is 322 g/mol. The molecule has 2 amide bonds. The van der Waals surface area contributed by atoms with Gasteiger partial charge in [0.2, 0.25) is 5.91 Å². The second-order valence-electron chi connectivity index (χ2n) is 5.71. The first-order valence-corrected chi connectivity index (χ1v) is 8.20. The highest BCUT2D eigenvalue weighted by Gasteiger charge is 2.17. The van der Waals surface area contributed by atoms with Crippen LogP contribution in [0.25, 0.3) is 0 Å². The Morgan fingerprint density at radius 1 is 1.08 bits per heavy atom. The fourth-order valence-corrected chi connectivity index (χ4v) is 2.53. The van der Waals surface area contributed by atoms with Crippen molar-refractivity contribution in [3.63, 3.8) is 0 Å². The van der Waals surface area contributed by atoms with Crippen molar-refractivity contribution in [2.45, 2.75) is 6.54 Å². The third kappa shape index (κ3) is 5.09. The standard InChI is InChI=1S/C18H21N3O4/c22-17(13-20-7-1-2-8-20)19-15-3-5-16(6-4-15)25-14-18(23)21-9-11-24-12-10-21/h1-8H,9-14H2,(H,19,22). The van der Waals surface area contributed by atoms with E-state index in [0.29, 0.717) is 37.7 Å². The number of anilines is 1. The molecule has 0 bridgehead atoms. The first-order chi connectivity index (χ1) is 12.2. The van der Waals surface area contributed by atoms with Crippen molar-refractivity contribution in [2.24, 2.45) is 0 Å². The molecule has 1 aromatic heterocycles. The summed E-state index contributed by atoms with van der Waals surface area (Å²) in [6, 6.07) is 10.7. The summed E-state index contributed by atoms with van der Waals surface area (Å²) in [5, 5.41) is 2.82. The number of nitrogens with zero attached hydrogens (tertiary/aromatic N) is 2. The zero-order chi connectivity index (χ0) is 17.5. The molecule has 1 aliphatic rings. The lowest BCUT2D eigenvalue weighted by Gasteiger charge is -2.26. The van der Waals surface area contributed by atoms with E-state index in [2.05, 4.69) is 5.32 Å². The molecule has 3 rings (SSSR count). The average molecular weight is 343 g/mol. The van der Waals surface area contributed by atoms with Crippen LogP contribution in [-0.2, 0) is 20.9 Å². The normalized spacial score (nSPS) is 14.2. The van der Waals surface area contributed by atoms with Gasteiger partial charge in [-0.25, -0.2) is 0 Å². The predicted octanol–water partition coefficient (Wildman–Crippen LogP) is 1.36. The van der Waals surface area contributed by atoms with E-state index in [0.717, 1.165) is 0 Å². The van der Waals surface area contributed by atoms with Gasteiger partial charge in [0.15, 0.2) is 6.61 Å². The average Bonchev–Trinajstić information content (AvgIpc) is 3.14. The molecule has 0 spiro atoms. The smallest absolute Gasteiger partial charge is 0.260 e. The quantitative estimate of drug-likeness (QED) is 0.860. The van der Waals surface area contributed by atoms with Crippen molar-refractivity contribution in [1.29, 1.82) is 0 Å². The highest BCUT2D eigenvalue weighted by Crippen LogP contribution is 2.16. The summed E-state index contributed by atoms with van der Waals surface area (Å²) in [5.74, 6) is 0.435. The molecule has 2 heterocycles. The molecule has 7 heteroatoms. The predicted molar refractivity (Wildman–Crippen MR) is 92.4 cm³/mol. The number of benzene rings is 1. The van der Waals surface area contributed by atoms with Crippen molar-refractivity contribution < 1.29 is 19.1 Å². The van der Waals surface area contributed by atoms with Gasteiger partial charge in [-0.05, 0) is 36.4 Å². The molecule has 7 nitrogen and oxygen atoms in total. The van der Waals surface area contributed by atoms with E-state index in [1.54, 1.807) is 33.7 Å². The number of hydrogen-bond acceptors (Lipinski definition) is 4. The summed E-state index contributed by atoms with van der Waals surface area (Å²) in [6.07, 6.45) is 3.67. The van der Waals surface area contributed by atoms with E-state index in [1.807, 2.05) is 24.5 Å². The maximum Gasteiger partial charge on any atom is 0.260 e. The Hall–Kier alpha value is -2.80. The Kier molecular flexibility index (Phi) is 5.69. The second kappa shape index (κ2) is 8.34. The molecule has 1 N–H and O–H groups in total. The molecule has 0 radical (unpaired) electrons. The van der Waals surface area contributed by atoms with E-state index in [4.69, 9.17) is 9.47 Å². The fraction of sp³-hybridized carbons (Fsp3) is 0.333. The van der Waals surface area contributed by atoms with Crippen LogP contribution in [0.2, 0.25) is 0 Å². The molecule has 132 valence electrons. The van der Waals surface area contributed by atoms with Gasteiger partial charge >= 0.3 is 0 Å². The van der Waals surface area contributed by atoms with Gasteiger partial charge in [-0.1, -0.05) is 0 Å². The second-order valence-corrected chi connectivity index (χ2v) is 5.71. The van der Waals surface area contributed by atoms with Gasteiger partial charge < -0.3 is 24.3 Å². The Morgan fingerprint density at radius 3 is 2.44 bits per heavy atom. The zero-order valence-electron chi connectivity index (χ0n) is 13.9. The number of amides is 2. The van der Waals surface area contributed by atoms with Crippen LogP contribution < -0.4 is 10.1 Å². The molecule has 1 aliphatic heterocycles. The highest BCUT2D eigenvalue weighted by atomic mass is 16.5. The van der Waals surface area contributed by atoms with Gasteiger partial charge in [0.1, 0.15) is 12.3 Å². The number of hydrogen-bond donors (Lipinski definition) is 1. The van der Waals surface area contributed by atoms with Crippen LogP contribution in [-0.4, -0.2) is 54.2 Å². The molecule has 1 aromatic carbocycles. The van der Waals surface area contributed by atoms with Crippen molar-refractivity contribution in [3.05, 3.63) is 48.8 Å². The number of aromatic nitrogens is 1. The number of carbonyl (C=O) groups is 2. The lowest BCUT2D eigenvalue weighted by atomic mass is 10.3. The molecule has 1 fully saturated rings. The number of carbonyl (C=O) groups excluding carboxylic acids is 2. The fourth-order valence-electron chi connectivity index (χ4n) is 2.53. The van der Waals surface area contributed by atoms with Crippen LogP contribution in [0, 0.1) is 0 Å². The first kappa shape index (κ1) is 17.0. The number of morpholine rings is 1. The summed E-state index contributed by atoms with van der Waals surface area (Å²) in [4.78, 5) is 25.7. The summed E-state index contributed by atoms with van der Waals surface area (Å²) >= 11 is 0. The summed E-state index contributed by atoms with van der Waals surface area (Å²) in [6.45, 7) is 2.62. The molecule has 0 atom stereocenters. The van der Waals surface area contributed by atoms with Crippen LogP contribution in [0.3, 0.4) is 0 Å². The molecule has 0 saturated carbocycles. The number of nitrogens with one attached hydrogen (secondary N) is 1. The number of ether oxygens (including phenoxy) is 2. The van der Waals surface area contributed by atoms with Crippen LogP contribution in [0.15, 0.2) is 48.8 Å². The van der Waals surface area contributed by atoms with Crippen molar-refractivity contribution in [1.82, 2.24) is 9.47 Å². The molecule has 0 unspecified atom stereocenters. The van der Waals surface area contributed by atoms with Crippen LogP contribution in [0.5, 0.6) is 5.75 Å². The monoisotopic (exact) mass is 343 g/mol. The lowest BCUT2D eigenvalue weighted by molar-refractivity contribution is -0.137. The van der Waals surface area contributed by atoms with Gasteiger partial charge in [-0.15, -0.1) is 0 Å². The first-order valence-electron chi connectivity index (χ1n) is 8.20. The topological polar surface area (TPSA) is 72.8 Å². The summed E-state index contributed by atoms with van der Waals surface area (Å²) in [7, 11) is 0. The minimum atomic E-state index is -0.104. The molecule has 0 aliphatic carbocycles. The summed E-state index contributed by atoms with van der Waals surface area (Å²) in [5.41, 5.74) is 0.684. The van der Waals surface area contributed by atoms with Crippen molar-refractivity contribution in [3.8, 4) is 5.75 Å². The van der Waals surface area contributed by atoms with Gasteiger partial charge in [0, 0.05) is 31.2 Å². The third-order valence-corrected chi connectivity index (χ3v) is 3.86. The minimum Gasteiger partial charge on any atom is -0.484 e. The van der Waals surface area contributed by atoms with E-state index >= 15 is 0 Å². The Bertz CT molecular complexity index is 692. The Labute approximate surface area is 146 Å². The number of rotatable bonds is 6. The Morgan fingerprint density at radius 2 is 1.76 bits per heavy atom. The largest absolute Gasteiger partial charge is 0.484 e. The Balaban J connectivity index is 1.45. The van der Waals surface area contributed by atoms with Crippen LogP contribution in [0.4, 0.5) is 5.69 Å². The lowest BCUT2D eigenvalue weighted by Crippen LogP contribution is -2.42. The SMILES string of the molecule is O=C(Cn1cccc1)Nc1ccc(OCC(=O)N2CCOCC2)cc1. The van der Waals surface area contributed by atoms with E-state index in [9.17, 15) is 9.59 Å². The van der Waals surface area contributed by atoms with E-state index < -0.39 is 0 Å². The van der Waals surface area contributed by atoms with E-state index in [-0.39, 0.29) is 25.0 Å². The third-order valence-electron chi connectivity index (χ3n) is 3.86. The highest BCUT2D eigenvalue weighted by molar-refractivity contribution is 5.90. The van der Waals surface area contributed by atoms with Gasteiger partial charge in [-0.2, -0.15) is 0 Å². The van der Waals surface area contributed by atoms with Gasteiger partial charge in [0.25, 0.3) is 5.91 Å². The van der Waals surface area contributed by atoms with E-state index in [1.165, 1.54) is 0 Å². The van der Waals surface area contributed by atoms with Crippen LogP contribution >= 0.6 is 0 Å². The molecular formula is C18H21N3O4. The maximum atomic E-state index is 12.0. The van der Waals surface area contributed by atoms with Crippen molar-refractivity contribution >= 4 is 17.5 Å². The zero-order valence-corrected chi connectivity index (χ0v) is 13.9.